The molecule has 2 heterocycles. The highest BCUT2D eigenvalue weighted by Crippen LogP contribution is 2.37. The summed E-state index contributed by atoms with van der Waals surface area (Å²) in [5.41, 5.74) is 8.38. The zero-order chi connectivity index (χ0) is 19.7. The molecule has 144 valence electrons. The first kappa shape index (κ1) is 18.2. The molecule has 0 saturated heterocycles. The van der Waals surface area contributed by atoms with Crippen molar-refractivity contribution in [1.82, 2.24) is 10.2 Å². The molecule has 1 aliphatic rings. The molecular weight excluding hydrogens is 356 g/mol. The maximum Gasteiger partial charge on any atom is 0.236 e. The normalized spacial score (nSPS) is 17.7. The number of hydrogen-bond donors (Lipinski definition) is 2. The van der Waals surface area contributed by atoms with Crippen molar-refractivity contribution in [2.75, 3.05) is 12.4 Å². The SMILES string of the molecule is COc1ccc2c(c1)NC(=O)C2Cc1nnc([C@](C)(N)Cc2ccccc2)o1. The second kappa shape index (κ2) is 7.09. The number of anilines is 1. The Hall–Kier alpha value is -3.19. The van der Waals surface area contributed by atoms with Gasteiger partial charge in [-0.05, 0) is 30.5 Å². The van der Waals surface area contributed by atoms with Crippen LogP contribution in [-0.2, 0) is 23.2 Å². The fraction of sp³-hybridized carbons (Fsp3) is 0.286. The lowest BCUT2D eigenvalue weighted by Gasteiger charge is -2.20. The zero-order valence-electron chi connectivity index (χ0n) is 15.8. The fourth-order valence-electron chi connectivity index (χ4n) is 3.48. The topological polar surface area (TPSA) is 103 Å². The standard InChI is InChI=1S/C21H22N4O3/c1-21(22,12-13-6-4-3-5-7-13)20-25-24-18(28-20)11-16-15-9-8-14(27-2)10-17(15)23-19(16)26/h3-10,16H,11-12,22H2,1-2H3,(H,23,26)/t16?,21-/m1/s1. The van der Waals surface area contributed by atoms with E-state index in [9.17, 15) is 4.79 Å². The first-order valence-corrected chi connectivity index (χ1v) is 9.11. The molecule has 3 N–H and O–H groups in total. The van der Waals surface area contributed by atoms with E-state index in [1.54, 1.807) is 7.11 Å². The molecule has 7 heteroatoms. The number of nitrogens with zero attached hydrogens (tertiary/aromatic N) is 2. The maximum absolute atomic E-state index is 12.4. The van der Waals surface area contributed by atoms with E-state index in [4.69, 9.17) is 14.9 Å². The Morgan fingerprint density at radius 3 is 2.75 bits per heavy atom. The van der Waals surface area contributed by atoms with Crippen molar-refractivity contribution in [2.24, 2.45) is 5.73 Å². The molecule has 0 radical (unpaired) electrons. The highest BCUT2D eigenvalue weighted by molar-refractivity contribution is 6.03. The van der Waals surface area contributed by atoms with Crippen LogP contribution in [0.2, 0.25) is 0 Å². The van der Waals surface area contributed by atoms with Crippen LogP contribution in [-0.4, -0.2) is 23.2 Å². The third-order valence-corrected chi connectivity index (χ3v) is 4.96. The predicted octanol–water partition coefficient (Wildman–Crippen LogP) is 2.77. The zero-order valence-corrected chi connectivity index (χ0v) is 15.8. The Morgan fingerprint density at radius 1 is 1.21 bits per heavy atom. The van der Waals surface area contributed by atoms with Crippen LogP contribution in [0, 0.1) is 0 Å². The van der Waals surface area contributed by atoms with Gasteiger partial charge in [0.1, 0.15) is 5.75 Å². The van der Waals surface area contributed by atoms with Gasteiger partial charge in [0.2, 0.25) is 17.7 Å². The predicted molar refractivity (Wildman–Crippen MR) is 104 cm³/mol. The van der Waals surface area contributed by atoms with Gasteiger partial charge in [-0.15, -0.1) is 10.2 Å². The number of methoxy groups -OCH3 is 1. The van der Waals surface area contributed by atoms with Crippen LogP contribution in [0.3, 0.4) is 0 Å². The summed E-state index contributed by atoms with van der Waals surface area (Å²) in [4.78, 5) is 12.4. The molecule has 0 fully saturated rings. The van der Waals surface area contributed by atoms with Gasteiger partial charge in [-0.1, -0.05) is 36.4 Å². The average Bonchev–Trinajstić information content (AvgIpc) is 3.27. The number of rotatable bonds is 6. The molecule has 2 aromatic carbocycles. The Balaban J connectivity index is 1.52. The molecule has 2 atom stereocenters. The van der Waals surface area contributed by atoms with Crippen LogP contribution in [0.15, 0.2) is 52.9 Å². The summed E-state index contributed by atoms with van der Waals surface area (Å²) in [5.74, 6) is 0.970. The van der Waals surface area contributed by atoms with Gasteiger partial charge in [-0.25, -0.2) is 0 Å². The van der Waals surface area contributed by atoms with Crippen molar-refractivity contribution in [2.45, 2.75) is 31.2 Å². The van der Waals surface area contributed by atoms with Crippen LogP contribution >= 0.6 is 0 Å². The van der Waals surface area contributed by atoms with Crippen LogP contribution < -0.4 is 15.8 Å². The minimum Gasteiger partial charge on any atom is -0.497 e. The number of carbonyl (C=O) groups excluding carboxylic acids is 1. The van der Waals surface area contributed by atoms with Gasteiger partial charge in [0.25, 0.3) is 0 Å². The number of aromatic nitrogens is 2. The summed E-state index contributed by atoms with van der Waals surface area (Å²) in [7, 11) is 1.59. The minimum absolute atomic E-state index is 0.0946. The van der Waals surface area contributed by atoms with Crippen LogP contribution in [0.25, 0.3) is 0 Å². The van der Waals surface area contributed by atoms with Gasteiger partial charge in [-0.3, -0.25) is 4.79 Å². The molecule has 4 rings (SSSR count). The Bertz CT molecular complexity index is 998. The van der Waals surface area contributed by atoms with Crippen molar-refractivity contribution in [3.8, 4) is 5.75 Å². The fourth-order valence-corrected chi connectivity index (χ4v) is 3.48. The van der Waals surface area contributed by atoms with Crippen molar-refractivity contribution < 1.29 is 13.9 Å². The number of carbonyl (C=O) groups is 1. The van der Waals surface area contributed by atoms with E-state index in [0.29, 0.717) is 30.4 Å². The molecule has 0 bridgehead atoms. The lowest BCUT2D eigenvalue weighted by molar-refractivity contribution is -0.117. The van der Waals surface area contributed by atoms with E-state index < -0.39 is 5.54 Å². The number of hydrogen-bond acceptors (Lipinski definition) is 6. The Labute approximate surface area is 162 Å². The lowest BCUT2D eigenvalue weighted by atomic mass is 9.94. The summed E-state index contributed by atoms with van der Waals surface area (Å²) in [6, 6.07) is 15.4. The first-order chi connectivity index (χ1) is 13.5. The third-order valence-electron chi connectivity index (χ3n) is 4.96. The number of nitrogens with two attached hydrogens (primary N) is 1. The van der Waals surface area contributed by atoms with E-state index in [-0.39, 0.29) is 11.8 Å². The number of benzene rings is 2. The molecule has 0 saturated carbocycles. The van der Waals surface area contributed by atoms with Gasteiger partial charge in [0.05, 0.1) is 18.6 Å². The van der Waals surface area contributed by atoms with Crippen molar-refractivity contribution >= 4 is 11.6 Å². The maximum atomic E-state index is 12.4. The molecule has 28 heavy (non-hydrogen) atoms. The number of fused-ring (bicyclic) bond motifs is 1. The Morgan fingerprint density at radius 2 is 2.00 bits per heavy atom. The lowest BCUT2D eigenvalue weighted by Crippen LogP contribution is -2.35. The van der Waals surface area contributed by atoms with Crippen LogP contribution in [0.5, 0.6) is 5.75 Å². The van der Waals surface area contributed by atoms with Crippen molar-refractivity contribution in [3.05, 3.63) is 71.4 Å². The summed E-state index contributed by atoms with van der Waals surface area (Å²) < 4.78 is 11.1. The summed E-state index contributed by atoms with van der Waals surface area (Å²) >= 11 is 0. The average molecular weight is 378 g/mol. The smallest absolute Gasteiger partial charge is 0.236 e. The van der Waals surface area contributed by atoms with E-state index in [1.165, 1.54) is 0 Å². The van der Waals surface area contributed by atoms with Crippen molar-refractivity contribution in [3.63, 3.8) is 0 Å². The van der Waals surface area contributed by atoms with Crippen molar-refractivity contribution in [1.29, 1.82) is 0 Å². The molecule has 1 aromatic heterocycles. The van der Waals surface area contributed by atoms with E-state index in [0.717, 1.165) is 16.8 Å². The second-order valence-electron chi connectivity index (χ2n) is 7.28. The molecule has 3 aromatic rings. The first-order valence-electron chi connectivity index (χ1n) is 9.11. The van der Waals surface area contributed by atoms with E-state index in [1.807, 2.05) is 55.5 Å². The molecule has 0 aliphatic carbocycles. The third kappa shape index (κ3) is 3.48. The molecular formula is C21H22N4O3. The van der Waals surface area contributed by atoms with E-state index in [2.05, 4.69) is 15.5 Å². The molecule has 7 nitrogen and oxygen atoms in total. The number of ether oxygens (including phenoxy) is 1. The summed E-state index contributed by atoms with van der Waals surface area (Å²) in [6.07, 6.45) is 0.890. The highest BCUT2D eigenvalue weighted by atomic mass is 16.5. The monoisotopic (exact) mass is 378 g/mol. The van der Waals surface area contributed by atoms with Gasteiger partial charge in [0.15, 0.2) is 0 Å². The number of nitrogens with one attached hydrogen (secondary N) is 1. The van der Waals surface area contributed by atoms with Gasteiger partial charge in [0, 0.05) is 18.2 Å². The van der Waals surface area contributed by atoms with Gasteiger partial charge >= 0.3 is 0 Å². The minimum atomic E-state index is -0.796. The second-order valence-corrected chi connectivity index (χ2v) is 7.28. The summed E-state index contributed by atoms with van der Waals surface area (Å²) in [6.45, 7) is 1.86. The number of amides is 1. The molecule has 1 unspecified atom stereocenters. The van der Waals surface area contributed by atoms with E-state index >= 15 is 0 Å². The van der Waals surface area contributed by atoms with Crippen LogP contribution in [0.4, 0.5) is 5.69 Å². The van der Waals surface area contributed by atoms with Gasteiger partial charge < -0.3 is 20.2 Å². The quantitative estimate of drug-likeness (QED) is 0.684. The molecule has 0 spiro atoms. The largest absolute Gasteiger partial charge is 0.497 e. The summed E-state index contributed by atoms with van der Waals surface area (Å²) in [5, 5.41) is 11.1. The molecule has 1 amide bonds. The van der Waals surface area contributed by atoms with Crippen LogP contribution in [0.1, 0.15) is 35.7 Å². The molecule has 1 aliphatic heterocycles. The Kier molecular flexibility index (Phi) is 4.60. The van der Waals surface area contributed by atoms with Gasteiger partial charge in [-0.2, -0.15) is 0 Å². The highest BCUT2D eigenvalue weighted by Gasteiger charge is 2.34.